The molecule has 1 saturated heterocycles. The van der Waals surface area contributed by atoms with Crippen molar-refractivity contribution in [3.8, 4) is 0 Å². The fourth-order valence-electron chi connectivity index (χ4n) is 2.12. The first-order chi connectivity index (χ1) is 8.77. The van der Waals surface area contributed by atoms with Crippen molar-refractivity contribution in [3.63, 3.8) is 0 Å². The maximum Gasteiger partial charge on any atom is 0.243 e. The molecule has 0 spiro atoms. The Morgan fingerprint density at radius 1 is 1.37 bits per heavy atom. The zero-order valence-corrected chi connectivity index (χ0v) is 11.9. The minimum Gasteiger partial charge on any atom is -0.384 e. The van der Waals surface area contributed by atoms with Gasteiger partial charge >= 0.3 is 0 Å². The van der Waals surface area contributed by atoms with Crippen LogP contribution in [0.4, 0.5) is 0 Å². The van der Waals surface area contributed by atoms with E-state index in [0.29, 0.717) is 5.57 Å². The van der Waals surface area contributed by atoms with E-state index < -0.39 is 15.6 Å². The predicted octanol–water partition coefficient (Wildman–Crippen LogP) is 1.46. The molecule has 1 aromatic rings. The Labute approximate surface area is 113 Å². The summed E-state index contributed by atoms with van der Waals surface area (Å²) < 4.78 is 26.2. The van der Waals surface area contributed by atoms with Crippen molar-refractivity contribution in [2.45, 2.75) is 24.3 Å². The van der Waals surface area contributed by atoms with Crippen LogP contribution < -0.4 is 0 Å². The summed E-state index contributed by atoms with van der Waals surface area (Å²) in [6.07, 6.45) is 0. The largest absolute Gasteiger partial charge is 0.384 e. The molecule has 102 valence electrons. The van der Waals surface area contributed by atoms with Crippen molar-refractivity contribution in [2.75, 3.05) is 13.1 Å². The third-order valence-corrected chi connectivity index (χ3v) is 5.15. The quantitative estimate of drug-likeness (QED) is 0.834. The molecular weight excluding hydrogens is 262 g/mol. The van der Waals surface area contributed by atoms with Crippen LogP contribution in [-0.4, -0.2) is 36.5 Å². The normalized spacial score (nSPS) is 24.5. The van der Waals surface area contributed by atoms with E-state index in [9.17, 15) is 13.5 Å². The van der Waals surface area contributed by atoms with Crippen molar-refractivity contribution >= 4 is 10.0 Å². The smallest absolute Gasteiger partial charge is 0.243 e. The zero-order chi connectivity index (χ0) is 14.3. The van der Waals surface area contributed by atoms with Crippen LogP contribution in [0, 0.1) is 6.92 Å². The first-order valence-corrected chi connectivity index (χ1v) is 7.40. The summed E-state index contributed by atoms with van der Waals surface area (Å²) in [5, 5.41) is 10.1. The lowest BCUT2D eigenvalue weighted by molar-refractivity contribution is 0.109. The van der Waals surface area contributed by atoms with Crippen LogP contribution in [0.5, 0.6) is 0 Å². The second kappa shape index (κ2) is 4.62. The predicted molar refractivity (Wildman–Crippen MR) is 73.2 cm³/mol. The number of benzene rings is 1. The van der Waals surface area contributed by atoms with Crippen LogP contribution >= 0.6 is 0 Å². The summed E-state index contributed by atoms with van der Waals surface area (Å²) >= 11 is 0. The summed E-state index contributed by atoms with van der Waals surface area (Å²) in [6.45, 7) is 7.13. The number of aryl methyl sites for hydroxylation is 1. The fourth-order valence-corrected chi connectivity index (χ4v) is 3.62. The van der Waals surface area contributed by atoms with Crippen molar-refractivity contribution in [2.24, 2.45) is 0 Å². The van der Waals surface area contributed by atoms with Gasteiger partial charge in [0.25, 0.3) is 0 Å². The standard InChI is InChI=1S/C14H17NO3S/c1-4-12-9-15(10-14(12,3)16)19(17,18)13-7-5-11(2)6-8-13/h5-8,16H,1,9-10H2,2-3H3. The molecule has 1 heterocycles. The lowest BCUT2D eigenvalue weighted by Crippen LogP contribution is -2.34. The Kier molecular flexibility index (Phi) is 3.41. The van der Waals surface area contributed by atoms with E-state index in [1.54, 1.807) is 31.2 Å². The molecule has 0 radical (unpaired) electrons. The van der Waals surface area contributed by atoms with E-state index in [-0.39, 0.29) is 18.0 Å². The van der Waals surface area contributed by atoms with E-state index in [0.717, 1.165) is 5.56 Å². The van der Waals surface area contributed by atoms with Crippen molar-refractivity contribution in [1.82, 2.24) is 4.31 Å². The SMILES string of the molecule is C=C=C1CN(S(=O)(=O)c2ccc(C)cc2)CC1(C)O. The van der Waals surface area contributed by atoms with Crippen molar-refractivity contribution in [1.29, 1.82) is 0 Å². The molecule has 2 rings (SSSR count). The van der Waals surface area contributed by atoms with Gasteiger partial charge in [0.1, 0.15) is 5.60 Å². The molecule has 5 heteroatoms. The lowest BCUT2D eigenvalue weighted by atomic mass is 10.0. The number of β-amino-alcohol motifs (C(OH)–C–C–N with tert-alkyl or cyclic N) is 1. The highest BCUT2D eigenvalue weighted by molar-refractivity contribution is 7.89. The van der Waals surface area contributed by atoms with Crippen LogP contribution in [0.2, 0.25) is 0 Å². The maximum atomic E-state index is 12.4. The molecule has 0 bridgehead atoms. The number of aliphatic hydroxyl groups is 1. The average molecular weight is 279 g/mol. The van der Waals surface area contributed by atoms with Crippen LogP contribution in [0.15, 0.2) is 47.0 Å². The average Bonchev–Trinajstić information content (AvgIpc) is 2.65. The third-order valence-electron chi connectivity index (χ3n) is 3.34. The molecular formula is C14H17NO3S. The van der Waals surface area contributed by atoms with Gasteiger partial charge in [0.15, 0.2) is 0 Å². The molecule has 1 unspecified atom stereocenters. The Bertz CT molecular complexity index is 638. The minimum absolute atomic E-state index is 0.0288. The molecule has 19 heavy (non-hydrogen) atoms. The third kappa shape index (κ3) is 2.51. The highest BCUT2D eigenvalue weighted by Crippen LogP contribution is 2.30. The molecule has 0 aliphatic carbocycles. The van der Waals surface area contributed by atoms with Gasteiger partial charge in [-0.15, -0.1) is 5.73 Å². The van der Waals surface area contributed by atoms with E-state index in [2.05, 4.69) is 12.3 Å². The molecule has 1 aliphatic rings. The van der Waals surface area contributed by atoms with Gasteiger partial charge in [0, 0.05) is 18.7 Å². The molecule has 1 N–H and O–H groups in total. The lowest BCUT2D eigenvalue weighted by Gasteiger charge is -2.18. The van der Waals surface area contributed by atoms with E-state index in [1.165, 1.54) is 4.31 Å². The number of nitrogens with zero attached hydrogens (tertiary/aromatic N) is 1. The molecule has 1 atom stereocenters. The Morgan fingerprint density at radius 3 is 2.42 bits per heavy atom. The molecule has 1 fully saturated rings. The minimum atomic E-state index is -3.58. The molecule has 0 amide bonds. The summed E-state index contributed by atoms with van der Waals surface area (Å²) in [5.41, 5.74) is 2.93. The van der Waals surface area contributed by atoms with Gasteiger partial charge in [0.05, 0.1) is 4.90 Å². The molecule has 4 nitrogen and oxygen atoms in total. The molecule has 1 aromatic carbocycles. The zero-order valence-electron chi connectivity index (χ0n) is 11.0. The van der Waals surface area contributed by atoms with Crippen LogP contribution in [0.1, 0.15) is 12.5 Å². The van der Waals surface area contributed by atoms with Crippen molar-refractivity contribution < 1.29 is 13.5 Å². The van der Waals surface area contributed by atoms with Gasteiger partial charge in [0.2, 0.25) is 10.0 Å². The molecule has 1 aliphatic heterocycles. The first kappa shape index (κ1) is 14.0. The highest BCUT2D eigenvalue weighted by Gasteiger charge is 2.42. The van der Waals surface area contributed by atoms with Crippen molar-refractivity contribution in [3.05, 3.63) is 47.7 Å². The van der Waals surface area contributed by atoms with E-state index in [1.807, 2.05) is 6.92 Å². The fraction of sp³-hybridized carbons (Fsp3) is 0.357. The Morgan fingerprint density at radius 2 is 1.95 bits per heavy atom. The van der Waals surface area contributed by atoms with Gasteiger partial charge in [-0.2, -0.15) is 4.31 Å². The Balaban J connectivity index is 2.38. The number of hydrogen-bond acceptors (Lipinski definition) is 3. The maximum absolute atomic E-state index is 12.4. The van der Waals surface area contributed by atoms with Gasteiger partial charge in [-0.3, -0.25) is 0 Å². The summed E-state index contributed by atoms with van der Waals surface area (Å²) in [4.78, 5) is 0.235. The second-order valence-corrected chi connectivity index (χ2v) is 6.95. The van der Waals surface area contributed by atoms with E-state index in [4.69, 9.17) is 0 Å². The topological polar surface area (TPSA) is 57.6 Å². The summed E-state index contributed by atoms with van der Waals surface area (Å²) in [6, 6.07) is 6.67. The number of hydrogen-bond donors (Lipinski definition) is 1. The monoisotopic (exact) mass is 279 g/mol. The van der Waals surface area contributed by atoms with Crippen LogP contribution in [-0.2, 0) is 10.0 Å². The highest BCUT2D eigenvalue weighted by atomic mass is 32.2. The van der Waals surface area contributed by atoms with Crippen LogP contribution in [0.3, 0.4) is 0 Å². The van der Waals surface area contributed by atoms with Gasteiger partial charge in [-0.25, -0.2) is 8.42 Å². The van der Waals surface area contributed by atoms with Gasteiger partial charge in [-0.1, -0.05) is 24.3 Å². The summed E-state index contributed by atoms with van der Waals surface area (Å²) in [7, 11) is -3.58. The Hall–Kier alpha value is -1.39. The first-order valence-electron chi connectivity index (χ1n) is 5.96. The van der Waals surface area contributed by atoms with Gasteiger partial charge in [-0.05, 0) is 26.0 Å². The van der Waals surface area contributed by atoms with Gasteiger partial charge < -0.3 is 5.11 Å². The molecule has 0 aromatic heterocycles. The number of rotatable bonds is 2. The van der Waals surface area contributed by atoms with E-state index >= 15 is 0 Å². The molecule has 0 saturated carbocycles. The summed E-state index contributed by atoms with van der Waals surface area (Å²) in [5.74, 6) is 0. The second-order valence-electron chi connectivity index (χ2n) is 5.02. The van der Waals surface area contributed by atoms with Crippen LogP contribution in [0.25, 0.3) is 0 Å². The number of sulfonamides is 1.